The molecule has 0 aliphatic heterocycles. The van der Waals surface area contributed by atoms with E-state index in [0.29, 0.717) is 13.2 Å². The maximum Gasteiger partial charge on any atom is 0.0951 e. The lowest BCUT2D eigenvalue weighted by Crippen LogP contribution is -2.15. The van der Waals surface area contributed by atoms with Gasteiger partial charge in [0, 0.05) is 6.54 Å². The van der Waals surface area contributed by atoms with Crippen molar-refractivity contribution < 1.29 is 4.74 Å². The molecule has 0 fully saturated rings. The van der Waals surface area contributed by atoms with Crippen molar-refractivity contribution in [2.24, 2.45) is 5.73 Å². The highest BCUT2D eigenvalue weighted by atomic mass is 16.5. The van der Waals surface area contributed by atoms with Crippen LogP contribution in [0.5, 0.6) is 0 Å². The van der Waals surface area contributed by atoms with Crippen LogP contribution < -0.4 is 5.73 Å². The molecule has 0 aliphatic carbocycles. The first kappa shape index (κ1) is 17.4. The summed E-state index contributed by atoms with van der Waals surface area (Å²) in [6.45, 7) is 1.06. The van der Waals surface area contributed by atoms with Crippen LogP contribution in [0, 0.1) is 0 Å². The maximum absolute atomic E-state index is 6.06. The molecule has 0 unspecified atom stereocenters. The van der Waals surface area contributed by atoms with Gasteiger partial charge >= 0.3 is 0 Å². The zero-order chi connectivity index (χ0) is 17.3. The summed E-state index contributed by atoms with van der Waals surface area (Å²) in [5, 5.41) is 0. The minimum absolute atomic E-state index is 0.0609. The van der Waals surface area contributed by atoms with Crippen molar-refractivity contribution in [1.82, 2.24) is 0 Å². The van der Waals surface area contributed by atoms with Crippen molar-refractivity contribution in [3.8, 4) is 0 Å². The smallest absolute Gasteiger partial charge is 0.0951 e. The van der Waals surface area contributed by atoms with Crippen LogP contribution in [0.2, 0.25) is 0 Å². The average molecular weight is 331 g/mol. The van der Waals surface area contributed by atoms with Crippen molar-refractivity contribution >= 4 is 0 Å². The molecular formula is C23H25NO. The molecule has 0 aliphatic rings. The van der Waals surface area contributed by atoms with Gasteiger partial charge in [-0.15, -0.1) is 0 Å². The van der Waals surface area contributed by atoms with E-state index in [9.17, 15) is 0 Å². The number of aryl methyl sites for hydroxylation is 2. The fourth-order valence-corrected chi connectivity index (χ4v) is 2.97. The molecule has 0 heterocycles. The summed E-state index contributed by atoms with van der Waals surface area (Å²) in [4.78, 5) is 0. The number of hydrogen-bond donors (Lipinski definition) is 1. The molecule has 0 amide bonds. The topological polar surface area (TPSA) is 35.2 Å². The molecular weight excluding hydrogens is 306 g/mol. The maximum atomic E-state index is 6.06. The Balaban J connectivity index is 1.58. The summed E-state index contributed by atoms with van der Waals surface area (Å²) < 4.78 is 6.06. The van der Waals surface area contributed by atoms with E-state index in [1.54, 1.807) is 0 Å². The zero-order valence-corrected chi connectivity index (χ0v) is 14.5. The summed E-state index contributed by atoms with van der Waals surface area (Å²) in [5.41, 5.74) is 10.9. The van der Waals surface area contributed by atoms with Crippen LogP contribution in [-0.2, 0) is 24.2 Å². The Labute approximate surface area is 150 Å². The lowest BCUT2D eigenvalue weighted by molar-refractivity contribution is 0.0456. The van der Waals surface area contributed by atoms with E-state index in [0.717, 1.165) is 18.4 Å². The number of nitrogens with two attached hydrogens (primary N) is 1. The van der Waals surface area contributed by atoms with Gasteiger partial charge in [0.25, 0.3) is 0 Å². The quantitative estimate of drug-likeness (QED) is 0.650. The highest BCUT2D eigenvalue weighted by Gasteiger charge is 2.09. The highest BCUT2D eigenvalue weighted by molar-refractivity contribution is 5.25. The molecule has 0 spiro atoms. The van der Waals surface area contributed by atoms with Gasteiger partial charge in [0.15, 0.2) is 0 Å². The van der Waals surface area contributed by atoms with Gasteiger partial charge < -0.3 is 10.5 Å². The highest BCUT2D eigenvalue weighted by Crippen LogP contribution is 2.18. The Morgan fingerprint density at radius 3 is 2.00 bits per heavy atom. The number of benzene rings is 3. The van der Waals surface area contributed by atoms with E-state index in [4.69, 9.17) is 10.5 Å². The van der Waals surface area contributed by atoms with Gasteiger partial charge in [-0.2, -0.15) is 0 Å². The predicted molar refractivity (Wildman–Crippen MR) is 103 cm³/mol. The molecule has 2 N–H and O–H groups in total. The zero-order valence-electron chi connectivity index (χ0n) is 14.5. The summed E-state index contributed by atoms with van der Waals surface area (Å²) in [7, 11) is 0. The molecule has 0 aromatic heterocycles. The van der Waals surface area contributed by atoms with Crippen LogP contribution in [0.4, 0.5) is 0 Å². The normalized spacial score (nSPS) is 12.0. The van der Waals surface area contributed by atoms with E-state index < -0.39 is 0 Å². The lowest BCUT2D eigenvalue weighted by atomic mass is 10.0. The van der Waals surface area contributed by atoms with Gasteiger partial charge in [-0.25, -0.2) is 0 Å². The molecule has 0 saturated heterocycles. The van der Waals surface area contributed by atoms with Gasteiger partial charge in [-0.1, -0.05) is 84.9 Å². The van der Waals surface area contributed by atoms with Crippen LogP contribution in [0.3, 0.4) is 0 Å². The van der Waals surface area contributed by atoms with Gasteiger partial charge in [0.05, 0.1) is 12.7 Å². The largest absolute Gasteiger partial charge is 0.368 e. The molecule has 3 aromatic carbocycles. The van der Waals surface area contributed by atoms with Gasteiger partial charge in [0.1, 0.15) is 0 Å². The molecule has 128 valence electrons. The van der Waals surface area contributed by atoms with Crippen LogP contribution >= 0.6 is 0 Å². The van der Waals surface area contributed by atoms with Gasteiger partial charge in [-0.05, 0) is 35.1 Å². The van der Waals surface area contributed by atoms with E-state index in [1.165, 1.54) is 16.7 Å². The van der Waals surface area contributed by atoms with Crippen LogP contribution in [-0.4, -0.2) is 6.54 Å². The summed E-state index contributed by atoms with van der Waals surface area (Å²) in [5.74, 6) is 0. The average Bonchev–Trinajstić information content (AvgIpc) is 2.69. The summed E-state index contributed by atoms with van der Waals surface area (Å²) in [6, 6.07) is 29.4. The van der Waals surface area contributed by atoms with Crippen molar-refractivity contribution in [2.75, 3.05) is 6.54 Å². The standard InChI is InChI=1S/C23H25NO/c24-17-23(22-12-5-2-6-13-22)25-18-21-11-7-10-20(16-21)15-14-19-8-3-1-4-9-19/h1-13,16,23H,14-15,17-18,24H2/t23-/m0/s1. The minimum atomic E-state index is -0.0609. The van der Waals surface area contributed by atoms with E-state index in [1.807, 2.05) is 18.2 Å². The van der Waals surface area contributed by atoms with Crippen molar-refractivity contribution in [3.63, 3.8) is 0 Å². The third-order valence-electron chi connectivity index (χ3n) is 4.37. The van der Waals surface area contributed by atoms with Gasteiger partial charge in [-0.3, -0.25) is 0 Å². The fraction of sp³-hybridized carbons (Fsp3) is 0.217. The molecule has 25 heavy (non-hydrogen) atoms. The first-order valence-electron chi connectivity index (χ1n) is 8.83. The van der Waals surface area contributed by atoms with Crippen LogP contribution in [0.25, 0.3) is 0 Å². The molecule has 3 rings (SSSR count). The van der Waals surface area contributed by atoms with Crippen molar-refractivity contribution in [1.29, 1.82) is 0 Å². The Bertz CT molecular complexity index is 755. The van der Waals surface area contributed by atoms with Gasteiger partial charge in [0.2, 0.25) is 0 Å². The second-order valence-corrected chi connectivity index (χ2v) is 6.25. The van der Waals surface area contributed by atoms with E-state index in [2.05, 4.69) is 66.7 Å². The Kier molecular flexibility index (Phi) is 6.38. The molecule has 0 saturated carbocycles. The SMILES string of the molecule is NC[C@H](OCc1cccc(CCc2ccccc2)c1)c1ccccc1. The molecule has 0 bridgehead atoms. The number of hydrogen-bond acceptors (Lipinski definition) is 2. The molecule has 1 atom stereocenters. The summed E-state index contributed by atoms with van der Waals surface area (Å²) >= 11 is 0. The predicted octanol–water partition coefficient (Wildman–Crippen LogP) is 4.69. The molecule has 3 aromatic rings. The number of ether oxygens (including phenoxy) is 1. The lowest BCUT2D eigenvalue weighted by Gasteiger charge is -2.16. The molecule has 2 nitrogen and oxygen atoms in total. The van der Waals surface area contributed by atoms with E-state index in [-0.39, 0.29) is 6.10 Å². The van der Waals surface area contributed by atoms with Crippen molar-refractivity contribution in [2.45, 2.75) is 25.6 Å². The monoisotopic (exact) mass is 331 g/mol. The Hall–Kier alpha value is -2.42. The second kappa shape index (κ2) is 9.16. The molecule has 0 radical (unpaired) electrons. The Morgan fingerprint density at radius 1 is 0.680 bits per heavy atom. The van der Waals surface area contributed by atoms with Crippen molar-refractivity contribution in [3.05, 3.63) is 107 Å². The third-order valence-corrected chi connectivity index (χ3v) is 4.37. The van der Waals surface area contributed by atoms with E-state index >= 15 is 0 Å². The fourth-order valence-electron chi connectivity index (χ4n) is 2.97. The third kappa shape index (κ3) is 5.28. The first-order chi connectivity index (χ1) is 12.3. The van der Waals surface area contributed by atoms with Crippen LogP contribution in [0.1, 0.15) is 28.4 Å². The second-order valence-electron chi connectivity index (χ2n) is 6.25. The first-order valence-corrected chi connectivity index (χ1v) is 8.83. The minimum Gasteiger partial charge on any atom is -0.368 e. The summed E-state index contributed by atoms with van der Waals surface area (Å²) in [6.07, 6.45) is 2.03. The molecule has 2 heteroatoms. The van der Waals surface area contributed by atoms with Crippen LogP contribution in [0.15, 0.2) is 84.9 Å². The number of rotatable bonds is 8. The Morgan fingerprint density at radius 2 is 1.28 bits per heavy atom.